The molecule has 1 heterocycles. The Morgan fingerprint density at radius 1 is 1.29 bits per heavy atom. The van der Waals surface area contributed by atoms with Gasteiger partial charge < -0.3 is 5.32 Å². The molecule has 1 N–H and O–H groups in total. The van der Waals surface area contributed by atoms with Crippen LogP contribution in [0.25, 0.3) is 0 Å². The fourth-order valence-electron chi connectivity index (χ4n) is 2.19. The molecule has 84 valence electrons. The minimum atomic E-state index is -2.45. The van der Waals surface area contributed by atoms with E-state index in [1.54, 1.807) is 0 Å². The lowest BCUT2D eigenvalue weighted by Gasteiger charge is -2.27. The number of alkyl halides is 2. The molecule has 0 atom stereocenters. The SMILES string of the molecule is CC(C)CC(F)(F)CC1CCNCC1. The van der Waals surface area contributed by atoms with E-state index in [-0.39, 0.29) is 24.7 Å². The van der Waals surface area contributed by atoms with Crippen LogP contribution in [0.5, 0.6) is 0 Å². The molecule has 1 aliphatic rings. The van der Waals surface area contributed by atoms with Crippen molar-refractivity contribution in [3.63, 3.8) is 0 Å². The van der Waals surface area contributed by atoms with Crippen molar-refractivity contribution in [2.75, 3.05) is 13.1 Å². The van der Waals surface area contributed by atoms with Gasteiger partial charge in [-0.2, -0.15) is 0 Å². The number of hydrogen-bond donors (Lipinski definition) is 1. The van der Waals surface area contributed by atoms with Crippen molar-refractivity contribution < 1.29 is 8.78 Å². The second kappa shape index (κ2) is 5.06. The van der Waals surface area contributed by atoms with E-state index in [9.17, 15) is 8.78 Å². The van der Waals surface area contributed by atoms with Crippen molar-refractivity contribution in [3.8, 4) is 0 Å². The molecule has 0 radical (unpaired) electrons. The quantitative estimate of drug-likeness (QED) is 0.743. The molecule has 0 aliphatic carbocycles. The smallest absolute Gasteiger partial charge is 0.248 e. The van der Waals surface area contributed by atoms with Crippen molar-refractivity contribution in [2.45, 2.75) is 45.5 Å². The van der Waals surface area contributed by atoms with Gasteiger partial charge in [-0.05, 0) is 37.8 Å². The van der Waals surface area contributed by atoms with Gasteiger partial charge in [-0.15, -0.1) is 0 Å². The highest BCUT2D eigenvalue weighted by atomic mass is 19.3. The average molecular weight is 205 g/mol. The predicted molar refractivity (Wildman–Crippen MR) is 54.6 cm³/mol. The molecular weight excluding hydrogens is 184 g/mol. The summed E-state index contributed by atoms with van der Waals surface area (Å²) in [5, 5.41) is 3.20. The van der Waals surface area contributed by atoms with Crippen molar-refractivity contribution in [3.05, 3.63) is 0 Å². The third-order valence-electron chi connectivity index (χ3n) is 2.75. The molecule has 0 saturated carbocycles. The second-order valence-electron chi connectivity index (χ2n) is 4.85. The van der Waals surface area contributed by atoms with Gasteiger partial charge in [-0.3, -0.25) is 0 Å². The van der Waals surface area contributed by atoms with Gasteiger partial charge in [0.05, 0.1) is 0 Å². The van der Waals surface area contributed by atoms with E-state index < -0.39 is 5.92 Å². The highest BCUT2D eigenvalue weighted by molar-refractivity contribution is 4.77. The van der Waals surface area contributed by atoms with E-state index in [2.05, 4.69) is 5.32 Å². The molecule has 1 nitrogen and oxygen atoms in total. The highest BCUT2D eigenvalue weighted by Gasteiger charge is 2.33. The van der Waals surface area contributed by atoms with E-state index in [0.717, 1.165) is 25.9 Å². The van der Waals surface area contributed by atoms with Gasteiger partial charge in [0, 0.05) is 12.8 Å². The Morgan fingerprint density at radius 2 is 1.86 bits per heavy atom. The summed E-state index contributed by atoms with van der Waals surface area (Å²) in [7, 11) is 0. The molecule has 1 aliphatic heterocycles. The minimum Gasteiger partial charge on any atom is -0.317 e. The summed E-state index contributed by atoms with van der Waals surface area (Å²) in [5.41, 5.74) is 0. The minimum absolute atomic E-state index is 0.0386. The van der Waals surface area contributed by atoms with Gasteiger partial charge in [-0.1, -0.05) is 13.8 Å². The maximum absolute atomic E-state index is 13.4. The van der Waals surface area contributed by atoms with E-state index in [0.29, 0.717) is 0 Å². The molecule has 0 aromatic rings. The first-order valence-corrected chi connectivity index (χ1v) is 5.58. The Balaban J connectivity index is 2.32. The van der Waals surface area contributed by atoms with E-state index in [4.69, 9.17) is 0 Å². The van der Waals surface area contributed by atoms with Gasteiger partial charge in [0.2, 0.25) is 5.92 Å². The van der Waals surface area contributed by atoms with Crippen LogP contribution in [0, 0.1) is 11.8 Å². The Labute approximate surface area is 85.3 Å². The van der Waals surface area contributed by atoms with E-state index >= 15 is 0 Å². The number of piperidine rings is 1. The fraction of sp³-hybridized carbons (Fsp3) is 1.00. The van der Waals surface area contributed by atoms with Crippen LogP contribution in [0.3, 0.4) is 0 Å². The standard InChI is InChI=1S/C11H21F2N/c1-9(2)7-11(12,13)8-10-3-5-14-6-4-10/h9-10,14H,3-8H2,1-2H3. The molecule has 0 spiro atoms. The topological polar surface area (TPSA) is 12.0 Å². The molecule has 0 bridgehead atoms. The van der Waals surface area contributed by atoms with Crippen LogP contribution in [0.4, 0.5) is 8.78 Å². The van der Waals surface area contributed by atoms with Crippen LogP contribution in [0.2, 0.25) is 0 Å². The Morgan fingerprint density at radius 3 is 2.36 bits per heavy atom. The molecule has 0 aromatic heterocycles. The summed E-state index contributed by atoms with van der Waals surface area (Å²) in [6.45, 7) is 5.53. The Kier molecular flexibility index (Phi) is 4.30. The molecule has 0 unspecified atom stereocenters. The van der Waals surface area contributed by atoms with Crippen molar-refractivity contribution in [1.82, 2.24) is 5.32 Å². The van der Waals surface area contributed by atoms with Gasteiger partial charge in [0.25, 0.3) is 0 Å². The van der Waals surface area contributed by atoms with Crippen LogP contribution in [0.15, 0.2) is 0 Å². The zero-order valence-electron chi connectivity index (χ0n) is 9.15. The summed E-state index contributed by atoms with van der Waals surface area (Å²) in [6.07, 6.45) is 1.95. The van der Waals surface area contributed by atoms with Gasteiger partial charge >= 0.3 is 0 Å². The molecule has 1 fully saturated rings. The van der Waals surface area contributed by atoms with Crippen molar-refractivity contribution in [2.24, 2.45) is 11.8 Å². The lowest BCUT2D eigenvalue weighted by Crippen LogP contribution is -2.32. The third kappa shape index (κ3) is 4.36. The van der Waals surface area contributed by atoms with Gasteiger partial charge in [0.15, 0.2) is 0 Å². The van der Waals surface area contributed by atoms with Gasteiger partial charge in [0.1, 0.15) is 0 Å². The summed E-state index contributed by atoms with van der Waals surface area (Å²) in [4.78, 5) is 0. The summed E-state index contributed by atoms with van der Waals surface area (Å²) in [6, 6.07) is 0. The molecular formula is C11H21F2N. The number of hydrogen-bond acceptors (Lipinski definition) is 1. The van der Waals surface area contributed by atoms with Gasteiger partial charge in [-0.25, -0.2) is 8.78 Å². The molecule has 1 saturated heterocycles. The molecule has 0 aromatic carbocycles. The highest BCUT2D eigenvalue weighted by Crippen LogP contribution is 2.33. The van der Waals surface area contributed by atoms with Crippen molar-refractivity contribution in [1.29, 1.82) is 0 Å². The zero-order chi connectivity index (χ0) is 10.6. The second-order valence-corrected chi connectivity index (χ2v) is 4.85. The molecule has 0 amide bonds. The van der Waals surface area contributed by atoms with Crippen molar-refractivity contribution >= 4 is 0 Å². The summed E-state index contributed by atoms with van der Waals surface area (Å²) in [5.74, 6) is -2.13. The normalized spacial score (nSPS) is 20.4. The first-order valence-electron chi connectivity index (χ1n) is 5.58. The number of nitrogens with one attached hydrogen (secondary N) is 1. The lowest BCUT2D eigenvalue weighted by atomic mass is 9.89. The summed E-state index contributed by atoms with van der Waals surface area (Å²) < 4.78 is 26.9. The van der Waals surface area contributed by atoms with Crippen LogP contribution in [-0.4, -0.2) is 19.0 Å². The predicted octanol–water partition coefficient (Wildman–Crippen LogP) is 3.06. The molecule has 3 heteroatoms. The molecule has 1 rings (SSSR count). The first-order chi connectivity index (χ1) is 6.49. The lowest BCUT2D eigenvalue weighted by molar-refractivity contribution is -0.0440. The van der Waals surface area contributed by atoms with E-state index in [1.165, 1.54) is 0 Å². The van der Waals surface area contributed by atoms with Crippen LogP contribution >= 0.6 is 0 Å². The van der Waals surface area contributed by atoms with Crippen LogP contribution in [-0.2, 0) is 0 Å². The number of halogens is 2. The monoisotopic (exact) mass is 205 g/mol. The zero-order valence-corrected chi connectivity index (χ0v) is 9.15. The van der Waals surface area contributed by atoms with E-state index in [1.807, 2.05) is 13.8 Å². The van der Waals surface area contributed by atoms with Crippen LogP contribution in [0.1, 0.15) is 39.5 Å². The maximum Gasteiger partial charge on any atom is 0.248 e. The van der Waals surface area contributed by atoms with Crippen LogP contribution < -0.4 is 5.32 Å². The molecule has 14 heavy (non-hydrogen) atoms. The largest absolute Gasteiger partial charge is 0.317 e. The summed E-state index contributed by atoms with van der Waals surface area (Å²) >= 11 is 0. The average Bonchev–Trinajstić information content (AvgIpc) is 2.02. The number of rotatable bonds is 4. The maximum atomic E-state index is 13.4. The Hall–Kier alpha value is -0.180. The fourth-order valence-corrected chi connectivity index (χ4v) is 2.19. The Bertz CT molecular complexity index is 163. The first kappa shape index (κ1) is 11.9. The third-order valence-corrected chi connectivity index (χ3v) is 2.75.